The highest BCUT2D eigenvalue weighted by Crippen LogP contribution is 2.37. The van der Waals surface area contributed by atoms with E-state index >= 15 is 0 Å². The van der Waals surface area contributed by atoms with Crippen LogP contribution in [0.3, 0.4) is 0 Å². The van der Waals surface area contributed by atoms with Crippen LogP contribution in [-0.2, 0) is 6.42 Å². The molecular formula is C11H16S3. The van der Waals surface area contributed by atoms with Crippen molar-refractivity contribution < 1.29 is 0 Å². The van der Waals surface area contributed by atoms with Gasteiger partial charge in [-0.15, -0.1) is 35.3 Å². The lowest BCUT2D eigenvalue weighted by molar-refractivity contribution is 1.04. The minimum Gasteiger partial charge on any atom is -0.128 e. The lowest BCUT2D eigenvalue weighted by atomic mass is 10.2. The summed E-state index contributed by atoms with van der Waals surface area (Å²) in [7, 11) is 0. The molecule has 0 aliphatic rings. The number of hydrogen-bond donors (Lipinski definition) is 0. The van der Waals surface area contributed by atoms with E-state index in [0.29, 0.717) is 0 Å². The second-order valence-electron chi connectivity index (χ2n) is 2.89. The van der Waals surface area contributed by atoms with E-state index in [2.05, 4.69) is 37.8 Å². The summed E-state index contributed by atoms with van der Waals surface area (Å²) in [6.07, 6.45) is 7.58. The van der Waals surface area contributed by atoms with Crippen molar-refractivity contribution in [1.29, 1.82) is 0 Å². The van der Waals surface area contributed by atoms with Crippen LogP contribution in [-0.4, -0.2) is 18.8 Å². The van der Waals surface area contributed by atoms with Gasteiger partial charge in [0.1, 0.15) is 0 Å². The molecule has 0 spiro atoms. The third-order valence-electron chi connectivity index (χ3n) is 2.13. The van der Waals surface area contributed by atoms with Gasteiger partial charge in [-0.1, -0.05) is 6.92 Å². The Kier molecular flexibility index (Phi) is 5.28. The molecule has 0 N–H and O–H groups in total. The van der Waals surface area contributed by atoms with E-state index in [-0.39, 0.29) is 0 Å². The zero-order valence-corrected chi connectivity index (χ0v) is 11.5. The first-order valence-corrected chi connectivity index (χ1v) is 8.23. The van der Waals surface area contributed by atoms with Crippen molar-refractivity contribution in [2.75, 3.05) is 18.8 Å². The Hall–Kier alpha value is 0.270. The zero-order valence-electron chi connectivity index (χ0n) is 9.09. The van der Waals surface area contributed by atoms with Crippen LogP contribution in [0.25, 0.3) is 0 Å². The molecule has 0 aliphatic heterocycles. The Morgan fingerprint density at radius 1 is 0.929 bits per heavy atom. The predicted octanol–water partition coefficient (Wildman–Crippen LogP) is 4.41. The maximum absolute atomic E-state index is 2.32. The molecule has 0 atom stereocenters. The van der Waals surface area contributed by atoms with Crippen LogP contribution in [0.5, 0.6) is 0 Å². The second-order valence-corrected chi connectivity index (χ2v) is 5.40. The Morgan fingerprint density at radius 3 is 1.71 bits per heavy atom. The van der Waals surface area contributed by atoms with Crippen LogP contribution in [0.4, 0.5) is 0 Å². The van der Waals surface area contributed by atoms with Gasteiger partial charge in [0.2, 0.25) is 0 Å². The van der Waals surface area contributed by atoms with Gasteiger partial charge in [0.15, 0.2) is 0 Å². The minimum atomic E-state index is 1.12. The molecule has 0 radical (unpaired) electrons. The molecule has 0 fully saturated rings. The average molecular weight is 244 g/mol. The monoisotopic (exact) mass is 244 g/mol. The molecule has 0 unspecified atom stereocenters. The molecule has 1 aromatic rings. The third kappa shape index (κ3) is 2.65. The SMILES string of the molecule is CCc1cc(SC)c(SC)c(SC)c1. The van der Waals surface area contributed by atoms with Gasteiger partial charge in [-0.3, -0.25) is 0 Å². The molecule has 14 heavy (non-hydrogen) atoms. The predicted molar refractivity (Wildman–Crippen MR) is 71.2 cm³/mol. The highest BCUT2D eigenvalue weighted by molar-refractivity contribution is 8.03. The van der Waals surface area contributed by atoms with Crippen LogP contribution in [0.1, 0.15) is 12.5 Å². The Labute approximate surface area is 99.6 Å². The quantitative estimate of drug-likeness (QED) is 0.720. The van der Waals surface area contributed by atoms with Crippen LogP contribution < -0.4 is 0 Å². The van der Waals surface area contributed by atoms with Gasteiger partial charge in [0.25, 0.3) is 0 Å². The fourth-order valence-electron chi connectivity index (χ4n) is 1.34. The molecule has 1 rings (SSSR count). The second kappa shape index (κ2) is 5.99. The van der Waals surface area contributed by atoms with Crippen molar-refractivity contribution in [2.24, 2.45) is 0 Å². The minimum absolute atomic E-state index is 1.12. The van der Waals surface area contributed by atoms with Gasteiger partial charge < -0.3 is 0 Å². The fraction of sp³-hybridized carbons (Fsp3) is 0.455. The molecule has 0 saturated carbocycles. The normalized spacial score (nSPS) is 10.6. The van der Waals surface area contributed by atoms with Crippen molar-refractivity contribution >= 4 is 35.3 Å². The van der Waals surface area contributed by atoms with Crippen LogP contribution in [0.2, 0.25) is 0 Å². The summed E-state index contributed by atoms with van der Waals surface area (Å²) < 4.78 is 0. The Morgan fingerprint density at radius 2 is 1.43 bits per heavy atom. The topological polar surface area (TPSA) is 0 Å². The largest absolute Gasteiger partial charge is 0.128 e. The summed E-state index contributed by atoms with van der Waals surface area (Å²) in [5.41, 5.74) is 1.44. The van der Waals surface area contributed by atoms with Crippen molar-refractivity contribution in [3.63, 3.8) is 0 Å². The molecule has 78 valence electrons. The molecule has 0 bridgehead atoms. The van der Waals surface area contributed by atoms with Crippen molar-refractivity contribution in [3.05, 3.63) is 17.7 Å². The maximum Gasteiger partial charge on any atom is 0.0341 e. The summed E-state index contributed by atoms with van der Waals surface area (Å²) in [5.74, 6) is 0. The first kappa shape index (κ1) is 12.3. The van der Waals surface area contributed by atoms with Gasteiger partial charge in [-0.2, -0.15) is 0 Å². The van der Waals surface area contributed by atoms with E-state index < -0.39 is 0 Å². The van der Waals surface area contributed by atoms with Gasteiger partial charge in [-0.05, 0) is 42.9 Å². The molecular weight excluding hydrogens is 228 g/mol. The maximum atomic E-state index is 2.32. The number of rotatable bonds is 4. The van der Waals surface area contributed by atoms with E-state index in [1.54, 1.807) is 0 Å². The van der Waals surface area contributed by atoms with E-state index in [1.807, 2.05) is 35.3 Å². The number of aryl methyl sites for hydroxylation is 1. The number of hydrogen-bond acceptors (Lipinski definition) is 3. The van der Waals surface area contributed by atoms with Crippen LogP contribution in [0, 0.1) is 0 Å². The van der Waals surface area contributed by atoms with Gasteiger partial charge in [0.05, 0.1) is 0 Å². The highest BCUT2D eigenvalue weighted by atomic mass is 32.2. The van der Waals surface area contributed by atoms with Crippen molar-refractivity contribution in [3.8, 4) is 0 Å². The third-order valence-corrected chi connectivity index (χ3v) is 4.76. The van der Waals surface area contributed by atoms with Gasteiger partial charge in [0, 0.05) is 14.7 Å². The van der Waals surface area contributed by atoms with E-state index in [4.69, 9.17) is 0 Å². The summed E-state index contributed by atoms with van der Waals surface area (Å²) in [6.45, 7) is 2.21. The molecule has 0 heterocycles. The first-order chi connectivity index (χ1) is 6.76. The Bertz CT molecular complexity index is 282. The molecule has 3 heteroatoms. The van der Waals surface area contributed by atoms with Gasteiger partial charge >= 0.3 is 0 Å². The molecule has 0 aliphatic carbocycles. The number of benzene rings is 1. The lowest BCUT2D eigenvalue weighted by Crippen LogP contribution is -1.87. The smallest absolute Gasteiger partial charge is 0.0341 e. The molecule has 0 amide bonds. The highest BCUT2D eigenvalue weighted by Gasteiger charge is 2.08. The molecule has 1 aromatic carbocycles. The fourth-order valence-corrected chi connectivity index (χ4v) is 4.05. The molecule has 0 aromatic heterocycles. The van der Waals surface area contributed by atoms with E-state index in [1.165, 1.54) is 20.2 Å². The molecule has 0 nitrogen and oxygen atoms in total. The number of thioether (sulfide) groups is 3. The van der Waals surface area contributed by atoms with Crippen molar-refractivity contribution in [1.82, 2.24) is 0 Å². The summed E-state index contributed by atoms with van der Waals surface area (Å²) in [5, 5.41) is 0. The lowest BCUT2D eigenvalue weighted by Gasteiger charge is -2.11. The van der Waals surface area contributed by atoms with E-state index in [9.17, 15) is 0 Å². The summed E-state index contributed by atoms with van der Waals surface area (Å²) >= 11 is 5.54. The molecule has 0 saturated heterocycles. The van der Waals surface area contributed by atoms with Crippen LogP contribution >= 0.6 is 35.3 Å². The zero-order chi connectivity index (χ0) is 10.6. The van der Waals surface area contributed by atoms with Crippen molar-refractivity contribution in [2.45, 2.75) is 28.0 Å². The summed E-state index contributed by atoms with van der Waals surface area (Å²) in [4.78, 5) is 4.27. The van der Waals surface area contributed by atoms with Gasteiger partial charge in [-0.25, -0.2) is 0 Å². The first-order valence-electron chi connectivity index (χ1n) is 4.55. The Balaban J connectivity index is 3.24. The van der Waals surface area contributed by atoms with E-state index in [0.717, 1.165) is 6.42 Å². The summed E-state index contributed by atoms with van der Waals surface area (Å²) in [6, 6.07) is 4.63. The standard InChI is InChI=1S/C11H16S3/c1-5-8-6-9(12-2)11(14-4)10(7-8)13-3/h6-7H,5H2,1-4H3. The van der Waals surface area contributed by atoms with Crippen LogP contribution in [0.15, 0.2) is 26.8 Å². The average Bonchev–Trinajstić information content (AvgIpc) is 2.26.